The molecular weight excluding hydrogens is 411 g/mol. The standard InChI is InChI=1S/C23H21FN6O2/c1-23(2,31)12-30-11-18(20(28-30)14-4-6-16(24)7-5-14)21-17-8-19(15-9-27-29(3)10-15)32-22(17)26-13-25-21/h4-11,13,31H,12H2,1-3H3. The Bertz CT molecular complexity index is 1410. The van der Waals surface area contributed by atoms with Crippen LogP contribution in [-0.4, -0.2) is 40.2 Å². The lowest BCUT2D eigenvalue weighted by molar-refractivity contribution is 0.0578. The SMILES string of the molecule is Cn1cc(-c2cc3c(-c4cn(CC(C)(C)O)nc4-c4ccc(F)cc4)ncnc3o2)cn1. The summed E-state index contributed by atoms with van der Waals surface area (Å²) in [7, 11) is 1.84. The van der Waals surface area contributed by atoms with Gasteiger partial charge in [-0.25, -0.2) is 14.4 Å². The number of aromatic nitrogens is 6. The molecular formula is C23H21FN6O2. The van der Waals surface area contributed by atoms with E-state index in [0.29, 0.717) is 22.9 Å². The van der Waals surface area contributed by atoms with Crippen molar-refractivity contribution in [2.24, 2.45) is 7.05 Å². The molecule has 4 heterocycles. The zero-order chi connectivity index (χ0) is 22.5. The molecule has 5 aromatic rings. The molecule has 0 aliphatic carbocycles. The summed E-state index contributed by atoms with van der Waals surface area (Å²) in [4.78, 5) is 8.80. The van der Waals surface area contributed by atoms with Crippen molar-refractivity contribution in [2.45, 2.75) is 26.0 Å². The molecule has 0 amide bonds. The Balaban J connectivity index is 1.69. The van der Waals surface area contributed by atoms with Gasteiger partial charge in [0.1, 0.15) is 23.6 Å². The molecule has 1 N–H and O–H groups in total. The molecule has 0 fully saturated rings. The van der Waals surface area contributed by atoms with Crippen molar-refractivity contribution < 1.29 is 13.9 Å². The van der Waals surface area contributed by atoms with E-state index in [1.54, 1.807) is 41.5 Å². The van der Waals surface area contributed by atoms with Gasteiger partial charge in [0, 0.05) is 30.6 Å². The summed E-state index contributed by atoms with van der Waals surface area (Å²) in [5.41, 5.74) is 3.02. The van der Waals surface area contributed by atoms with E-state index in [2.05, 4.69) is 20.2 Å². The van der Waals surface area contributed by atoms with Crippen molar-refractivity contribution in [1.29, 1.82) is 0 Å². The van der Waals surface area contributed by atoms with Gasteiger partial charge in [0.15, 0.2) is 0 Å². The highest BCUT2D eigenvalue weighted by atomic mass is 19.1. The fraction of sp³-hybridized carbons (Fsp3) is 0.217. The minimum Gasteiger partial charge on any atom is -0.437 e. The summed E-state index contributed by atoms with van der Waals surface area (Å²) < 4.78 is 22.9. The van der Waals surface area contributed by atoms with Gasteiger partial charge in [0.05, 0.1) is 35.0 Å². The maximum absolute atomic E-state index is 13.5. The first kappa shape index (κ1) is 20.1. The lowest BCUT2D eigenvalue weighted by atomic mass is 10.0. The van der Waals surface area contributed by atoms with E-state index in [-0.39, 0.29) is 12.4 Å². The van der Waals surface area contributed by atoms with Crippen LogP contribution in [0.3, 0.4) is 0 Å². The maximum Gasteiger partial charge on any atom is 0.230 e. The molecule has 9 heteroatoms. The van der Waals surface area contributed by atoms with Gasteiger partial charge in [0.2, 0.25) is 5.71 Å². The fourth-order valence-electron chi connectivity index (χ4n) is 3.65. The van der Waals surface area contributed by atoms with E-state index in [1.165, 1.54) is 18.5 Å². The summed E-state index contributed by atoms with van der Waals surface area (Å²) in [6, 6.07) is 8.00. The molecule has 8 nitrogen and oxygen atoms in total. The highest BCUT2D eigenvalue weighted by Gasteiger charge is 2.22. The molecule has 0 atom stereocenters. The third-order valence-electron chi connectivity index (χ3n) is 5.00. The van der Waals surface area contributed by atoms with E-state index in [0.717, 1.165) is 22.1 Å². The molecule has 32 heavy (non-hydrogen) atoms. The van der Waals surface area contributed by atoms with Crippen molar-refractivity contribution in [3.8, 4) is 33.8 Å². The molecule has 0 saturated carbocycles. The minimum absolute atomic E-state index is 0.280. The average molecular weight is 432 g/mol. The molecule has 1 aromatic carbocycles. The summed E-state index contributed by atoms with van der Waals surface area (Å²) in [5.74, 6) is 0.300. The van der Waals surface area contributed by atoms with Crippen LogP contribution in [0.1, 0.15) is 13.8 Å². The summed E-state index contributed by atoms with van der Waals surface area (Å²) >= 11 is 0. The second kappa shape index (κ2) is 7.38. The average Bonchev–Trinajstić information content (AvgIpc) is 3.44. The van der Waals surface area contributed by atoms with Crippen molar-refractivity contribution >= 4 is 11.1 Å². The van der Waals surface area contributed by atoms with E-state index in [9.17, 15) is 9.50 Å². The van der Waals surface area contributed by atoms with Gasteiger partial charge in [-0.1, -0.05) is 0 Å². The highest BCUT2D eigenvalue weighted by Crippen LogP contribution is 2.36. The number of fused-ring (bicyclic) bond motifs is 1. The van der Waals surface area contributed by atoms with Crippen LogP contribution in [0.15, 0.2) is 59.7 Å². The van der Waals surface area contributed by atoms with E-state index in [1.807, 2.05) is 25.5 Å². The van der Waals surface area contributed by atoms with Crippen LogP contribution in [0.5, 0.6) is 0 Å². The third-order valence-corrected chi connectivity index (χ3v) is 5.00. The van der Waals surface area contributed by atoms with Gasteiger partial charge in [-0.05, 0) is 44.2 Å². The molecule has 0 bridgehead atoms. The number of nitrogens with zero attached hydrogens (tertiary/aromatic N) is 6. The van der Waals surface area contributed by atoms with Crippen LogP contribution in [0.25, 0.3) is 44.9 Å². The predicted molar refractivity (Wildman–Crippen MR) is 117 cm³/mol. The molecule has 0 spiro atoms. The van der Waals surface area contributed by atoms with Crippen LogP contribution >= 0.6 is 0 Å². The largest absolute Gasteiger partial charge is 0.437 e. The molecule has 4 aromatic heterocycles. The normalized spacial score (nSPS) is 12.0. The van der Waals surface area contributed by atoms with Gasteiger partial charge in [-0.2, -0.15) is 10.2 Å². The van der Waals surface area contributed by atoms with Crippen LogP contribution in [-0.2, 0) is 13.6 Å². The van der Waals surface area contributed by atoms with Gasteiger partial charge in [-0.3, -0.25) is 9.36 Å². The first-order valence-corrected chi connectivity index (χ1v) is 10.1. The number of hydrogen-bond donors (Lipinski definition) is 1. The van der Waals surface area contributed by atoms with Crippen LogP contribution in [0.4, 0.5) is 4.39 Å². The van der Waals surface area contributed by atoms with E-state index >= 15 is 0 Å². The summed E-state index contributed by atoms with van der Waals surface area (Å²) in [6.07, 6.45) is 6.84. The Morgan fingerprint density at radius 2 is 1.84 bits per heavy atom. The van der Waals surface area contributed by atoms with Crippen LogP contribution in [0, 0.1) is 5.82 Å². The van der Waals surface area contributed by atoms with Crippen LogP contribution < -0.4 is 0 Å². The first-order chi connectivity index (χ1) is 15.3. The second-order valence-corrected chi connectivity index (χ2v) is 8.36. The molecule has 162 valence electrons. The minimum atomic E-state index is -0.965. The van der Waals surface area contributed by atoms with E-state index in [4.69, 9.17) is 4.42 Å². The van der Waals surface area contributed by atoms with Gasteiger partial charge in [-0.15, -0.1) is 0 Å². The number of furan rings is 1. The molecule has 0 radical (unpaired) electrons. The number of rotatable bonds is 5. The number of halogens is 1. The molecule has 0 saturated heterocycles. The Kier molecular flexibility index (Phi) is 4.63. The lowest BCUT2D eigenvalue weighted by Gasteiger charge is -2.16. The fourth-order valence-corrected chi connectivity index (χ4v) is 3.65. The zero-order valence-electron chi connectivity index (χ0n) is 17.8. The zero-order valence-corrected chi connectivity index (χ0v) is 17.8. The van der Waals surface area contributed by atoms with Crippen molar-refractivity contribution in [3.63, 3.8) is 0 Å². The third kappa shape index (κ3) is 3.78. The Morgan fingerprint density at radius 3 is 2.53 bits per heavy atom. The summed E-state index contributed by atoms with van der Waals surface area (Å²) in [5, 5.41) is 19.9. The maximum atomic E-state index is 13.5. The van der Waals surface area contributed by atoms with Gasteiger partial charge >= 0.3 is 0 Å². The number of hydrogen-bond acceptors (Lipinski definition) is 6. The monoisotopic (exact) mass is 432 g/mol. The summed E-state index contributed by atoms with van der Waals surface area (Å²) in [6.45, 7) is 3.71. The van der Waals surface area contributed by atoms with Crippen molar-refractivity contribution in [1.82, 2.24) is 29.5 Å². The number of aliphatic hydroxyl groups is 1. The van der Waals surface area contributed by atoms with Crippen molar-refractivity contribution in [2.75, 3.05) is 0 Å². The Morgan fingerprint density at radius 1 is 1.06 bits per heavy atom. The smallest absolute Gasteiger partial charge is 0.230 e. The first-order valence-electron chi connectivity index (χ1n) is 10.1. The molecule has 0 aliphatic heterocycles. The number of aryl methyl sites for hydroxylation is 1. The highest BCUT2D eigenvalue weighted by molar-refractivity contribution is 5.95. The lowest BCUT2D eigenvalue weighted by Crippen LogP contribution is -2.26. The number of benzene rings is 1. The second-order valence-electron chi connectivity index (χ2n) is 8.36. The van der Waals surface area contributed by atoms with Gasteiger partial charge in [0.25, 0.3) is 0 Å². The van der Waals surface area contributed by atoms with Crippen molar-refractivity contribution in [3.05, 3.63) is 61.1 Å². The van der Waals surface area contributed by atoms with E-state index < -0.39 is 5.60 Å². The Hall–Kier alpha value is -3.85. The quantitative estimate of drug-likeness (QED) is 0.450. The van der Waals surface area contributed by atoms with Gasteiger partial charge < -0.3 is 9.52 Å². The topological polar surface area (TPSA) is 94.8 Å². The Labute approximate surface area is 183 Å². The molecule has 5 rings (SSSR count). The predicted octanol–water partition coefficient (Wildman–Crippen LogP) is 4.06. The molecule has 0 unspecified atom stereocenters. The van der Waals surface area contributed by atoms with Crippen LogP contribution in [0.2, 0.25) is 0 Å². The molecule has 0 aliphatic rings.